The van der Waals surface area contributed by atoms with E-state index in [-0.39, 0.29) is 26.2 Å². The molecule has 0 nitrogen and oxygen atoms in total. The van der Waals surface area contributed by atoms with Gasteiger partial charge >= 0.3 is 0 Å². The van der Waals surface area contributed by atoms with E-state index in [0.717, 1.165) is 18.4 Å². The van der Waals surface area contributed by atoms with Gasteiger partial charge in [0.25, 0.3) is 0 Å². The fraction of sp³-hybridized carbons (Fsp3) is 0.250. The van der Waals surface area contributed by atoms with Crippen LogP contribution in [0.4, 0.5) is 0 Å². The van der Waals surface area contributed by atoms with E-state index in [4.69, 9.17) is 0 Å². The molecule has 0 spiro atoms. The Bertz CT molecular complexity index is 436. The maximum Gasteiger partial charge on any atom is 0 e. The summed E-state index contributed by atoms with van der Waals surface area (Å²) in [6.45, 7) is 8.33. The summed E-state index contributed by atoms with van der Waals surface area (Å²) in [5, 5.41) is 0. The van der Waals surface area contributed by atoms with Crippen LogP contribution in [-0.4, -0.2) is 0 Å². The monoisotopic (exact) mass is 300 g/mol. The summed E-state index contributed by atoms with van der Waals surface area (Å²) in [5.41, 5.74) is 6.74. The fourth-order valence-corrected chi connectivity index (χ4v) is 2.17. The van der Waals surface area contributed by atoms with Gasteiger partial charge in [-0.3, -0.25) is 0 Å². The third-order valence-electron chi connectivity index (χ3n) is 3.20. The topological polar surface area (TPSA) is 0 Å². The van der Waals surface area contributed by atoms with Crippen LogP contribution < -0.4 is 0 Å². The average molecular weight is 302 g/mol. The molecule has 1 heteroatoms. The van der Waals surface area contributed by atoms with Gasteiger partial charge in [-0.1, -0.05) is 48.6 Å². The third-order valence-corrected chi connectivity index (χ3v) is 3.20. The molecular formula is C16H18Zr. The minimum absolute atomic E-state index is 0. The largest absolute Gasteiger partial charge is 0.0958 e. The zero-order chi connectivity index (χ0) is 11.5. The van der Waals surface area contributed by atoms with Crippen LogP contribution in [0.2, 0.25) is 0 Å². The zero-order valence-electron chi connectivity index (χ0n) is 10.6. The van der Waals surface area contributed by atoms with E-state index in [1.54, 1.807) is 0 Å². The van der Waals surface area contributed by atoms with E-state index in [2.05, 4.69) is 56.9 Å². The van der Waals surface area contributed by atoms with E-state index in [1.807, 2.05) is 0 Å². The number of hydrogen-bond donors (Lipinski definition) is 0. The van der Waals surface area contributed by atoms with Crippen molar-refractivity contribution in [2.75, 3.05) is 0 Å². The van der Waals surface area contributed by atoms with Crippen molar-refractivity contribution in [3.05, 3.63) is 70.9 Å². The first kappa shape index (κ1) is 14.4. The molecule has 0 heterocycles. The molecule has 86 valence electrons. The molecule has 2 aliphatic rings. The van der Waals surface area contributed by atoms with E-state index < -0.39 is 0 Å². The van der Waals surface area contributed by atoms with Gasteiger partial charge in [0.05, 0.1) is 0 Å². The Morgan fingerprint density at radius 2 is 1.47 bits per heavy atom. The predicted octanol–water partition coefficient (Wildman–Crippen LogP) is 4.65. The summed E-state index contributed by atoms with van der Waals surface area (Å²) in [5.74, 6) is 0. The van der Waals surface area contributed by atoms with Gasteiger partial charge in [0.2, 0.25) is 0 Å². The SMILES string of the molecule is C=C(C)C(C)=C(C1=CC=CC1)C1=CC=CC1.[Zr]. The van der Waals surface area contributed by atoms with Gasteiger partial charge in [-0.15, -0.1) is 0 Å². The molecule has 0 aliphatic heterocycles. The van der Waals surface area contributed by atoms with Crippen molar-refractivity contribution >= 4 is 0 Å². The summed E-state index contributed by atoms with van der Waals surface area (Å²) in [4.78, 5) is 0. The zero-order valence-corrected chi connectivity index (χ0v) is 13.0. The Labute approximate surface area is 123 Å². The van der Waals surface area contributed by atoms with Gasteiger partial charge in [-0.05, 0) is 49.0 Å². The Balaban J connectivity index is 0.00000144. The first-order chi connectivity index (χ1) is 7.70. The molecule has 0 unspecified atom stereocenters. The van der Waals surface area contributed by atoms with Gasteiger partial charge in [-0.25, -0.2) is 0 Å². The maximum absolute atomic E-state index is 4.07. The molecule has 0 aromatic heterocycles. The molecule has 0 saturated heterocycles. The number of allylic oxidation sites excluding steroid dienone is 11. The molecule has 0 atom stereocenters. The second-order valence-electron chi connectivity index (χ2n) is 4.43. The van der Waals surface area contributed by atoms with Crippen LogP contribution >= 0.6 is 0 Å². The van der Waals surface area contributed by atoms with Crippen LogP contribution in [-0.2, 0) is 26.2 Å². The van der Waals surface area contributed by atoms with Crippen molar-refractivity contribution in [3.8, 4) is 0 Å². The summed E-state index contributed by atoms with van der Waals surface area (Å²) in [6.07, 6.45) is 15.3. The molecule has 2 aliphatic carbocycles. The standard InChI is InChI=1S/C16H18.Zr/c1-12(2)13(3)16(14-8-4-5-9-14)15-10-6-7-11-15;/h4-8,10H,1,9,11H2,2-3H3;. The molecule has 2 rings (SSSR count). The van der Waals surface area contributed by atoms with Crippen molar-refractivity contribution in [2.24, 2.45) is 0 Å². The van der Waals surface area contributed by atoms with Crippen LogP contribution in [0.25, 0.3) is 0 Å². The molecule has 0 N–H and O–H groups in total. The Morgan fingerprint density at radius 1 is 1.00 bits per heavy atom. The first-order valence-electron chi connectivity index (χ1n) is 5.79. The molecule has 0 saturated carbocycles. The van der Waals surface area contributed by atoms with Crippen LogP contribution in [0.1, 0.15) is 26.7 Å². The van der Waals surface area contributed by atoms with Crippen LogP contribution in [0, 0.1) is 0 Å². The van der Waals surface area contributed by atoms with E-state index >= 15 is 0 Å². The van der Waals surface area contributed by atoms with Crippen molar-refractivity contribution in [3.63, 3.8) is 0 Å². The molecule has 0 aromatic rings. The Kier molecular flexibility index (Phi) is 5.34. The smallest absolute Gasteiger partial charge is 0 e. The molecular weight excluding hydrogens is 283 g/mol. The van der Waals surface area contributed by atoms with Crippen molar-refractivity contribution in [1.29, 1.82) is 0 Å². The third kappa shape index (κ3) is 3.16. The van der Waals surface area contributed by atoms with Crippen LogP contribution in [0.3, 0.4) is 0 Å². The van der Waals surface area contributed by atoms with Gasteiger partial charge in [0, 0.05) is 26.2 Å². The van der Waals surface area contributed by atoms with E-state index in [1.165, 1.54) is 22.3 Å². The van der Waals surface area contributed by atoms with E-state index in [0.29, 0.717) is 0 Å². The van der Waals surface area contributed by atoms with Crippen molar-refractivity contribution in [1.82, 2.24) is 0 Å². The van der Waals surface area contributed by atoms with Gasteiger partial charge in [0.1, 0.15) is 0 Å². The Hall–Kier alpha value is -0.677. The van der Waals surface area contributed by atoms with Crippen LogP contribution in [0.15, 0.2) is 70.9 Å². The minimum Gasteiger partial charge on any atom is -0.0958 e. The second-order valence-corrected chi connectivity index (χ2v) is 4.43. The van der Waals surface area contributed by atoms with Crippen LogP contribution in [0.5, 0.6) is 0 Å². The summed E-state index contributed by atoms with van der Waals surface area (Å²) >= 11 is 0. The summed E-state index contributed by atoms with van der Waals surface area (Å²) in [7, 11) is 0. The van der Waals surface area contributed by atoms with Crippen molar-refractivity contribution < 1.29 is 26.2 Å². The minimum atomic E-state index is 0. The van der Waals surface area contributed by atoms with Crippen molar-refractivity contribution in [2.45, 2.75) is 26.7 Å². The molecule has 0 aromatic carbocycles. The molecule has 0 radical (unpaired) electrons. The van der Waals surface area contributed by atoms with Gasteiger partial charge < -0.3 is 0 Å². The Morgan fingerprint density at radius 3 is 1.76 bits per heavy atom. The second kappa shape index (κ2) is 6.31. The molecule has 0 fully saturated rings. The molecule has 17 heavy (non-hydrogen) atoms. The maximum atomic E-state index is 4.07. The first-order valence-corrected chi connectivity index (χ1v) is 5.79. The normalized spacial score (nSPS) is 16.4. The number of rotatable bonds is 3. The predicted molar refractivity (Wildman–Crippen MR) is 71.2 cm³/mol. The van der Waals surface area contributed by atoms with Gasteiger partial charge in [-0.2, -0.15) is 0 Å². The summed E-state index contributed by atoms with van der Waals surface area (Å²) in [6, 6.07) is 0. The summed E-state index contributed by atoms with van der Waals surface area (Å²) < 4.78 is 0. The number of hydrogen-bond acceptors (Lipinski definition) is 0. The molecule has 0 bridgehead atoms. The quantitative estimate of drug-likeness (QED) is 0.666. The van der Waals surface area contributed by atoms with Gasteiger partial charge in [0.15, 0.2) is 0 Å². The van der Waals surface area contributed by atoms with E-state index in [9.17, 15) is 0 Å². The average Bonchev–Trinajstić information content (AvgIpc) is 2.89. The molecule has 0 amide bonds. The fourth-order valence-electron chi connectivity index (χ4n) is 2.17.